The van der Waals surface area contributed by atoms with Gasteiger partial charge in [-0.15, -0.1) is 0 Å². The Kier molecular flexibility index (Phi) is 3.96. The summed E-state index contributed by atoms with van der Waals surface area (Å²) in [6.07, 6.45) is 2.14. The van der Waals surface area contributed by atoms with Gasteiger partial charge in [-0.2, -0.15) is 0 Å². The van der Waals surface area contributed by atoms with Crippen molar-refractivity contribution in [1.82, 2.24) is 15.1 Å². The number of hydrogen-bond donors (Lipinski definition) is 1. The van der Waals surface area contributed by atoms with Gasteiger partial charge in [0, 0.05) is 50.0 Å². The summed E-state index contributed by atoms with van der Waals surface area (Å²) in [5, 5.41) is 3.26. The molecule has 3 aliphatic heterocycles. The van der Waals surface area contributed by atoms with E-state index in [4.69, 9.17) is 0 Å². The maximum absolute atomic E-state index is 13.4. The summed E-state index contributed by atoms with van der Waals surface area (Å²) in [5.41, 5.74) is 0.369. The first-order chi connectivity index (χ1) is 9.96. The van der Waals surface area contributed by atoms with Gasteiger partial charge in [-0.1, -0.05) is 7.43 Å². The molecule has 126 valence electrons. The van der Waals surface area contributed by atoms with E-state index in [9.17, 15) is 13.6 Å². The number of likely N-dealkylation sites (tertiary alicyclic amines) is 2. The third-order valence-electron chi connectivity index (χ3n) is 5.77. The van der Waals surface area contributed by atoms with Crippen LogP contribution in [0.5, 0.6) is 0 Å². The fourth-order valence-electron chi connectivity index (χ4n) is 4.27. The highest BCUT2D eigenvalue weighted by Gasteiger charge is 2.52. The topological polar surface area (TPSA) is 35.6 Å². The Morgan fingerprint density at radius 2 is 1.82 bits per heavy atom. The Bertz CT molecular complexity index is 439. The number of piperidine rings is 1. The minimum atomic E-state index is -2.53. The molecule has 0 aromatic carbocycles. The van der Waals surface area contributed by atoms with Gasteiger partial charge in [0.05, 0.1) is 6.54 Å². The van der Waals surface area contributed by atoms with Gasteiger partial charge in [-0.25, -0.2) is 8.78 Å². The summed E-state index contributed by atoms with van der Waals surface area (Å²) in [6.45, 7) is 4.50. The maximum atomic E-state index is 13.4. The normalized spacial score (nSPS) is 35.8. The quantitative estimate of drug-likeness (QED) is 0.840. The largest absolute Gasteiger partial charge is 0.341 e. The van der Waals surface area contributed by atoms with E-state index >= 15 is 0 Å². The number of carbonyl (C=O) groups is 1. The molecule has 22 heavy (non-hydrogen) atoms. The second kappa shape index (κ2) is 5.41. The summed E-state index contributed by atoms with van der Waals surface area (Å²) >= 11 is 0. The zero-order valence-electron chi connectivity index (χ0n) is 12.3. The van der Waals surface area contributed by atoms with Crippen LogP contribution in [0.3, 0.4) is 0 Å². The maximum Gasteiger partial charge on any atom is 0.260 e. The van der Waals surface area contributed by atoms with Crippen LogP contribution in [0.4, 0.5) is 8.78 Å². The molecule has 0 bridgehead atoms. The molecule has 0 atom stereocenters. The number of nitrogens with one attached hydrogen (secondary N) is 1. The summed E-state index contributed by atoms with van der Waals surface area (Å²) in [4.78, 5) is 16.2. The lowest BCUT2D eigenvalue weighted by atomic mass is 9.71. The van der Waals surface area contributed by atoms with Crippen molar-refractivity contribution in [3.63, 3.8) is 0 Å². The SMILES string of the molecule is C.O=C(C1CC(N2CCCC(F)(F)C2)C1)N1CC2(CNC2)C1. The number of hydrogen-bond acceptors (Lipinski definition) is 3. The molecule has 0 aromatic heterocycles. The number of alkyl halides is 2. The lowest BCUT2D eigenvalue weighted by Crippen LogP contribution is -2.73. The van der Waals surface area contributed by atoms with Crippen LogP contribution >= 0.6 is 0 Å². The first-order valence-electron chi connectivity index (χ1n) is 8.08. The van der Waals surface area contributed by atoms with Crippen LogP contribution in [0.25, 0.3) is 0 Å². The number of amides is 1. The molecule has 1 saturated carbocycles. The second-order valence-corrected chi connectivity index (χ2v) is 7.55. The van der Waals surface area contributed by atoms with Gasteiger partial charge in [-0.3, -0.25) is 9.69 Å². The first-order valence-corrected chi connectivity index (χ1v) is 8.08. The Labute approximate surface area is 131 Å². The Morgan fingerprint density at radius 3 is 2.36 bits per heavy atom. The molecule has 6 heteroatoms. The molecule has 4 fully saturated rings. The van der Waals surface area contributed by atoms with Gasteiger partial charge < -0.3 is 10.2 Å². The molecule has 1 aliphatic carbocycles. The van der Waals surface area contributed by atoms with Crippen LogP contribution in [-0.2, 0) is 4.79 Å². The monoisotopic (exact) mass is 315 g/mol. The minimum absolute atomic E-state index is 0. The highest BCUT2D eigenvalue weighted by atomic mass is 19.3. The van der Waals surface area contributed by atoms with Crippen LogP contribution in [0.2, 0.25) is 0 Å². The number of nitrogens with zero attached hydrogens (tertiary/aromatic N) is 2. The van der Waals surface area contributed by atoms with Crippen LogP contribution in [0, 0.1) is 11.3 Å². The summed E-state index contributed by atoms with van der Waals surface area (Å²) < 4.78 is 26.9. The molecule has 4 aliphatic rings. The van der Waals surface area contributed by atoms with Gasteiger partial charge in [0.1, 0.15) is 0 Å². The Balaban J connectivity index is 0.00000144. The average molecular weight is 315 g/mol. The van der Waals surface area contributed by atoms with E-state index in [0.717, 1.165) is 45.6 Å². The second-order valence-electron chi connectivity index (χ2n) is 7.55. The van der Waals surface area contributed by atoms with E-state index in [0.29, 0.717) is 11.8 Å². The highest BCUT2D eigenvalue weighted by molar-refractivity contribution is 5.81. The Hall–Kier alpha value is -0.750. The van der Waals surface area contributed by atoms with Crippen molar-refractivity contribution in [1.29, 1.82) is 0 Å². The summed E-state index contributed by atoms with van der Waals surface area (Å²) in [6, 6.07) is 0.200. The van der Waals surface area contributed by atoms with Gasteiger partial charge in [-0.05, 0) is 25.8 Å². The van der Waals surface area contributed by atoms with E-state index in [1.165, 1.54) is 0 Å². The van der Waals surface area contributed by atoms with Crippen molar-refractivity contribution in [3.8, 4) is 0 Å². The third kappa shape index (κ3) is 2.64. The molecule has 3 saturated heterocycles. The average Bonchev–Trinajstić information content (AvgIpc) is 2.21. The molecule has 1 spiro atoms. The van der Waals surface area contributed by atoms with E-state index in [2.05, 4.69) is 5.32 Å². The predicted octanol–water partition coefficient (Wildman–Crippen LogP) is 1.56. The standard InChI is InChI=1S/C15H23F2N3O.CH4/c16-15(17)2-1-3-19(10-15)12-4-11(5-12)13(21)20-8-14(9-20)6-18-7-14;/h11-12,18H,1-10H2;1H4. The zero-order chi connectivity index (χ0) is 14.7. The van der Waals surface area contributed by atoms with E-state index in [-0.39, 0.29) is 38.3 Å². The molecular formula is C16H27F2N3O. The lowest BCUT2D eigenvalue weighted by Gasteiger charge is -2.57. The molecular weight excluding hydrogens is 288 g/mol. The van der Waals surface area contributed by atoms with Crippen LogP contribution in [0.15, 0.2) is 0 Å². The van der Waals surface area contributed by atoms with Crippen LogP contribution in [0.1, 0.15) is 33.1 Å². The van der Waals surface area contributed by atoms with Crippen molar-refractivity contribution in [2.24, 2.45) is 11.3 Å². The highest BCUT2D eigenvalue weighted by Crippen LogP contribution is 2.41. The number of carbonyl (C=O) groups excluding carboxylic acids is 1. The molecule has 3 heterocycles. The molecule has 0 unspecified atom stereocenters. The van der Waals surface area contributed by atoms with Crippen LogP contribution in [-0.4, -0.2) is 66.9 Å². The molecule has 4 rings (SSSR count). The molecule has 1 N–H and O–H groups in total. The Morgan fingerprint density at radius 1 is 1.14 bits per heavy atom. The van der Waals surface area contributed by atoms with Gasteiger partial charge in [0.15, 0.2) is 0 Å². The number of rotatable bonds is 2. The minimum Gasteiger partial charge on any atom is -0.341 e. The lowest BCUT2D eigenvalue weighted by molar-refractivity contribution is -0.158. The fraction of sp³-hybridized carbons (Fsp3) is 0.938. The number of halogens is 2. The fourth-order valence-corrected chi connectivity index (χ4v) is 4.27. The smallest absolute Gasteiger partial charge is 0.260 e. The van der Waals surface area contributed by atoms with E-state index in [1.807, 2.05) is 9.80 Å². The van der Waals surface area contributed by atoms with Crippen molar-refractivity contribution in [2.75, 3.05) is 39.3 Å². The third-order valence-corrected chi connectivity index (χ3v) is 5.77. The van der Waals surface area contributed by atoms with Crippen molar-refractivity contribution in [2.45, 2.75) is 45.1 Å². The van der Waals surface area contributed by atoms with Crippen molar-refractivity contribution < 1.29 is 13.6 Å². The predicted molar refractivity (Wildman–Crippen MR) is 80.9 cm³/mol. The summed E-state index contributed by atoms with van der Waals surface area (Å²) in [5.74, 6) is -2.20. The van der Waals surface area contributed by atoms with Gasteiger partial charge in [0.2, 0.25) is 5.91 Å². The molecule has 4 nitrogen and oxygen atoms in total. The molecule has 0 radical (unpaired) electrons. The summed E-state index contributed by atoms with van der Waals surface area (Å²) in [7, 11) is 0. The molecule has 0 aromatic rings. The van der Waals surface area contributed by atoms with E-state index in [1.54, 1.807) is 0 Å². The van der Waals surface area contributed by atoms with E-state index < -0.39 is 5.92 Å². The van der Waals surface area contributed by atoms with Crippen LogP contribution < -0.4 is 5.32 Å². The van der Waals surface area contributed by atoms with Gasteiger partial charge >= 0.3 is 0 Å². The van der Waals surface area contributed by atoms with Gasteiger partial charge in [0.25, 0.3) is 5.92 Å². The molecule has 1 amide bonds. The zero-order valence-corrected chi connectivity index (χ0v) is 12.3. The first kappa shape index (κ1) is 16.1. The van der Waals surface area contributed by atoms with Crippen molar-refractivity contribution in [3.05, 3.63) is 0 Å². The van der Waals surface area contributed by atoms with Crippen molar-refractivity contribution >= 4 is 5.91 Å².